The van der Waals surface area contributed by atoms with Crippen LogP contribution in [0.15, 0.2) is 12.2 Å². The Morgan fingerprint density at radius 3 is 2.60 bits per heavy atom. The Labute approximate surface area is 63.5 Å². The highest BCUT2D eigenvalue weighted by atomic mass is 14.9. The fourth-order valence-electron chi connectivity index (χ4n) is 1.39. The van der Waals surface area contributed by atoms with Crippen LogP contribution in [0.5, 0.6) is 0 Å². The summed E-state index contributed by atoms with van der Waals surface area (Å²) in [4.78, 5) is 0. The number of rotatable bonds is 3. The minimum atomic E-state index is 0.784. The summed E-state index contributed by atoms with van der Waals surface area (Å²) >= 11 is 0. The summed E-state index contributed by atoms with van der Waals surface area (Å²) in [6.45, 7) is 9.21. The summed E-state index contributed by atoms with van der Waals surface area (Å²) in [6.07, 6.45) is 2.71. The van der Waals surface area contributed by atoms with Crippen molar-refractivity contribution in [3.63, 3.8) is 0 Å². The molecule has 0 aromatic carbocycles. The van der Waals surface area contributed by atoms with E-state index in [1.807, 2.05) is 0 Å². The highest BCUT2D eigenvalue weighted by Crippen LogP contribution is 2.25. The highest BCUT2D eigenvalue weighted by molar-refractivity contribution is 4.93. The molecule has 1 saturated carbocycles. The minimum absolute atomic E-state index is 0.784. The fourth-order valence-corrected chi connectivity index (χ4v) is 1.39. The van der Waals surface area contributed by atoms with Crippen molar-refractivity contribution in [2.24, 2.45) is 5.92 Å². The normalized spacial score (nSPS) is 31.4. The van der Waals surface area contributed by atoms with Gasteiger partial charge < -0.3 is 5.32 Å². The SMILES string of the molecule is C=C(C)CNC1CC(C)C1. The summed E-state index contributed by atoms with van der Waals surface area (Å²) in [7, 11) is 0. The second kappa shape index (κ2) is 3.20. The summed E-state index contributed by atoms with van der Waals surface area (Å²) < 4.78 is 0. The third-order valence-corrected chi connectivity index (χ3v) is 2.07. The lowest BCUT2D eigenvalue weighted by molar-refractivity contribution is 0.247. The van der Waals surface area contributed by atoms with Crippen LogP contribution < -0.4 is 5.32 Å². The number of hydrogen-bond acceptors (Lipinski definition) is 1. The monoisotopic (exact) mass is 139 g/mol. The molecule has 0 atom stereocenters. The standard InChI is InChI=1S/C9H17N/c1-7(2)6-10-9-4-8(3)5-9/h8-10H,1,4-6H2,2-3H3. The summed E-state index contributed by atoms with van der Waals surface area (Å²) in [6, 6.07) is 0.784. The van der Waals surface area contributed by atoms with Crippen molar-refractivity contribution >= 4 is 0 Å². The molecule has 0 bridgehead atoms. The van der Waals surface area contributed by atoms with Gasteiger partial charge in [-0.25, -0.2) is 0 Å². The van der Waals surface area contributed by atoms with Crippen LogP contribution >= 0.6 is 0 Å². The molecule has 0 aromatic heterocycles. The third-order valence-electron chi connectivity index (χ3n) is 2.07. The lowest BCUT2D eigenvalue weighted by Gasteiger charge is -2.33. The van der Waals surface area contributed by atoms with Crippen molar-refractivity contribution in [3.8, 4) is 0 Å². The smallest absolute Gasteiger partial charge is 0.0161 e. The van der Waals surface area contributed by atoms with E-state index in [2.05, 4.69) is 25.7 Å². The van der Waals surface area contributed by atoms with Crippen molar-refractivity contribution in [1.29, 1.82) is 0 Å². The molecular formula is C9H17N. The molecule has 0 aromatic rings. The van der Waals surface area contributed by atoms with Gasteiger partial charge in [-0.05, 0) is 25.7 Å². The topological polar surface area (TPSA) is 12.0 Å². The van der Waals surface area contributed by atoms with Gasteiger partial charge in [0, 0.05) is 12.6 Å². The quantitative estimate of drug-likeness (QED) is 0.589. The average Bonchev–Trinajstić information content (AvgIpc) is 1.77. The maximum atomic E-state index is 3.84. The molecule has 1 fully saturated rings. The average molecular weight is 139 g/mol. The third kappa shape index (κ3) is 2.14. The summed E-state index contributed by atoms with van der Waals surface area (Å²) in [5.74, 6) is 0.947. The number of nitrogens with one attached hydrogen (secondary N) is 1. The van der Waals surface area contributed by atoms with Crippen LogP contribution in [0, 0.1) is 5.92 Å². The largest absolute Gasteiger partial charge is 0.310 e. The van der Waals surface area contributed by atoms with Gasteiger partial charge >= 0.3 is 0 Å². The van der Waals surface area contributed by atoms with E-state index in [1.54, 1.807) is 0 Å². The van der Waals surface area contributed by atoms with Crippen molar-refractivity contribution in [1.82, 2.24) is 5.32 Å². The second-order valence-corrected chi connectivity index (χ2v) is 3.61. The molecule has 0 amide bonds. The lowest BCUT2D eigenvalue weighted by atomic mass is 9.82. The Kier molecular flexibility index (Phi) is 2.50. The van der Waals surface area contributed by atoms with Crippen molar-refractivity contribution < 1.29 is 0 Å². The zero-order valence-electron chi connectivity index (χ0n) is 6.98. The molecule has 1 N–H and O–H groups in total. The molecule has 0 unspecified atom stereocenters. The number of hydrogen-bond donors (Lipinski definition) is 1. The van der Waals surface area contributed by atoms with Crippen LogP contribution in [0.25, 0.3) is 0 Å². The molecule has 0 spiro atoms. The van der Waals surface area contributed by atoms with E-state index in [1.165, 1.54) is 18.4 Å². The first-order chi connectivity index (χ1) is 4.68. The Morgan fingerprint density at radius 2 is 2.20 bits per heavy atom. The zero-order chi connectivity index (χ0) is 7.56. The first kappa shape index (κ1) is 7.80. The molecule has 10 heavy (non-hydrogen) atoms. The molecule has 1 rings (SSSR count). The molecule has 0 saturated heterocycles. The van der Waals surface area contributed by atoms with E-state index in [9.17, 15) is 0 Å². The van der Waals surface area contributed by atoms with Gasteiger partial charge in [0.2, 0.25) is 0 Å². The van der Waals surface area contributed by atoms with Gasteiger partial charge in [-0.1, -0.05) is 19.1 Å². The molecule has 0 aliphatic heterocycles. The van der Waals surface area contributed by atoms with Crippen molar-refractivity contribution in [2.45, 2.75) is 32.7 Å². The Balaban J connectivity index is 2.00. The van der Waals surface area contributed by atoms with Gasteiger partial charge in [0.05, 0.1) is 0 Å². The van der Waals surface area contributed by atoms with E-state index in [0.717, 1.165) is 18.5 Å². The van der Waals surface area contributed by atoms with Gasteiger partial charge in [-0.2, -0.15) is 0 Å². The highest BCUT2D eigenvalue weighted by Gasteiger charge is 2.23. The molecule has 0 heterocycles. The molecular weight excluding hydrogens is 122 g/mol. The van der Waals surface area contributed by atoms with Crippen LogP contribution in [-0.4, -0.2) is 12.6 Å². The first-order valence-corrected chi connectivity index (χ1v) is 4.06. The molecule has 1 aliphatic rings. The van der Waals surface area contributed by atoms with E-state index < -0.39 is 0 Å². The van der Waals surface area contributed by atoms with E-state index in [-0.39, 0.29) is 0 Å². The van der Waals surface area contributed by atoms with Gasteiger partial charge in [0.15, 0.2) is 0 Å². The summed E-state index contributed by atoms with van der Waals surface area (Å²) in [5, 5.41) is 3.45. The van der Waals surface area contributed by atoms with Gasteiger partial charge in [0.1, 0.15) is 0 Å². The van der Waals surface area contributed by atoms with Crippen LogP contribution in [0.1, 0.15) is 26.7 Å². The Bertz CT molecular complexity index is 123. The minimum Gasteiger partial charge on any atom is -0.310 e. The molecule has 0 radical (unpaired) electrons. The molecule has 1 nitrogen and oxygen atoms in total. The van der Waals surface area contributed by atoms with E-state index in [0.29, 0.717) is 0 Å². The lowest BCUT2D eigenvalue weighted by Crippen LogP contribution is -2.40. The van der Waals surface area contributed by atoms with Crippen molar-refractivity contribution in [3.05, 3.63) is 12.2 Å². The first-order valence-electron chi connectivity index (χ1n) is 4.06. The van der Waals surface area contributed by atoms with Crippen molar-refractivity contribution in [2.75, 3.05) is 6.54 Å². The van der Waals surface area contributed by atoms with Crippen LogP contribution in [0.2, 0.25) is 0 Å². The van der Waals surface area contributed by atoms with Crippen LogP contribution in [0.4, 0.5) is 0 Å². The maximum absolute atomic E-state index is 3.84. The van der Waals surface area contributed by atoms with E-state index in [4.69, 9.17) is 0 Å². The Hall–Kier alpha value is -0.300. The molecule has 1 heteroatoms. The molecule has 1 aliphatic carbocycles. The van der Waals surface area contributed by atoms with Gasteiger partial charge in [-0.3, -0.25) is 0 Å². The van der Waals surface area contributed by atoms with Crippen LogP contribution in [-0.2, 0) is 0 Å². The predicted molar refractivity (Wildman–Crippen MR) is 45.0 cm³/mol. The molecule has 58 valence electrons. The second-order valence-electron chi connectivity index (χ2n) is 3.61. The van der Waals surface area contributed by atoms with Gasteiger partial charge in [0.25, 0.3) is 0 Å². The fraction of sp³-hybridized carbons (Fsp3) is 0.778. The maximum Gasteiger partial charge on any atom is 0.0161 e. The summed E-state index contributed by atoms with van der Waals surface area (Å²) in [5.41, 5.74) is 1.24. The zero-order valence-corrected chi connectivity index (χ0v) is 6.98. The van der Waals surface area contributed by atoms with Gasteiger partial charge in [-0.15, -0.1) is 0 Å². The van der Waals surface area contributed by atoms with E-state index >= 15 is 0 Å². The predicted octanol–water partition coefficient (Wildman–Crippen LogP) is 1.95. The Morgan fingerprint density at radius 1 is 1.60 bits per heavy atom. The van der Waals surface area contributed by atoms with Crippen LogP contribution in [0.3, 0.4) is 0 Å².